The van der Waals surface area contributed by atoms with Crippen molar-refractivity contribution in [3.63, 3.8) is 0 Å². The normalized spacial score (nSPS) is 20.2. The fourth-order valence-electron chi connectivity index (χ4n) is 2.53. The summed E-state index contributed by atoms with van der Waals surface area (Å²) in [7, 11) is 0. The van der Waals surface area contributed by atoms with Gasteiger partial charge in [0.25, 0.3) is 0 Å². The highest BCUT2D eigenvalue weighted by molar-refractivity contribution is 6.30. The van der Waals surface area contributed by atoms with Crippen molar-refractivity contribution < 1.29 is 4.74 Å². The van der Waals surface area contributed by atoms with E-state index in [0.717, 1.165) is 37.0 Å². The summed E-state index contributed by atoms with van der Waals surface area (Å²) < 4.78 is 5.85. The van der Waals surface area contributed by atoms with Gasteiger partial charge in [0.05, 0.1) is 6.10 Å². The number of hydrogen-bond acceptors (Lipinski definition) is 3. The van der Waals surface area contributed by atoms with Crippen LogP contribution in [0.2, 0.25) is 5.02 Å². The predicted octanol–water partition coefficient (Wildman–Crippen LogP) is 2.91. The van der Waals surface area contributed by atoms with Crippen molar-refractivity contribution in [1.29, 1.82) is 0 Å². The highest BCUT2D eigenvalue weighted by Crippen LogP contribution is 2.27. The molecule has 19 heavy (non-hydrogen) atoms. The average Bonchev–Trinajstić information content (AvgIpc) is 2.80. The van der Waals surface area contributed by atoms with E-state index in [1.54, 1.807) is 0 Å². The largest absolute Gasteiger partial charge is 0.491 e. The lowest BCUT2D eigenvalue weighted by Gasteiger charge is -2.20. The molecule has 1 fully saturated rings. The first-order valence-electron chi connectivity index (χ1n) is 6.96. The molecule has 1 aromatic rings. The van der Waals surface area contributed by atoms with E-state index in [4.69, 9.17) is 22.1 Å². The molecule has 1 heterocycles. The average molecular weight is 283 g/mol. The second-order valence-electron chi connectivity index (χ2n) is 5.54. The second kappa shape index (κ2) is 6.60. The minimum Gasteiger partial charge on any atom is -0.491 e. The molecule has 2 rings (SSSR count). The number of nitrogens with zero attached hydrogens (tertiary/aromatic N) is 1. The van der Waals surface area contributed by atoms with Gasteiger partial charge in [-0.2, -0.15) is 0 Å². The van der Waals surface area contributed by atoms with Crippen molar-refractivity contribution in [3.8, 4) is 5.75 Å². The maximum atomic E-state index is 6.10. The molecule has 3 nitrogen and oxygen atoms in total. The minimum atomic E-state index is 0.176. The van der Waals surface area contributed by atoms with E-state index in [1.807, 2.05) is 32.0 Å². The van der Waals surface area contributed by atoms with Crippen LogP contribution in [0.4, 0.5) is 0 Å². The molecule has 1 saturated heterocycles. The van der Waals surface area contributed by atoms with Gasteiger partial charge in [-0.1, -0.05) is 11.6 Å². The van der Waals surface area contributed by atoms with E-state index < -0.39 is 0 Å². The third-order valence-electron chi connectivity index (χ3n) is 3.48. The van der Waals surface area contributed by atoms with Crippen LogP contribution in [0.3, 0.4) is 0 Å². The maximum absolute atomic E-state index is 6.10. The minimum absolute atomic E-state index is 0.176. The molecule has 0 spiro atoms. The zero-order chi connectivity index (χ0) is 13.8. The smallest absolute Gasteiger partial charge is 0.124 e. The number of rotatable bonds is 5. The van der Waals surface area contributed by atoms with Crippen LogP contribution < -0.4 is 10.5 Å². The Labute approximate surface area is 120 Å². The number of likely N-dealkylation sites (tertiary alicyclic amines) is 1. The number of benzene rings is 1. The second-order valence-corrected chi connectivity index (χ2v) is 5.98. The van der Waals surface area contributed by atoms with Crippen LogP contribution in [-0.4, -0.2) is 30.6 Å². The number of hydrogen-bond donors (Lipinski definition) is 1. The van der Waals surface area contributed by atoms with Crippen molar-refractivity contribution in [2.75, 3.05) is 19.6 Å². The van der Waals surface area contributed by atoms with Crippen LogP contribution in [0.15, 0.2) is 18.2 Å². The van der Waals surface area contributed by atoms with E-state index in [9.17, 15) is 0 Å². The quantitative estimate of drug-likeness (QED) is 0.902. The van der Waals surface area contributed by atoms with Crippen molar-refractivity contribution in [2.45, 2.75) is 32.9 Å². The number of halogens is 1. The monoisotopic (exact) mass is 282 g/mol. The molecule has 106 valence electrons. The highest BCUT2D eigenvalue weighted by atomic mass is 35.5. The molecule has 1 unspecified atom stereocenters. The molecule has 0 aliphatic carbocycles. The van der Waals surface area contributed by atoms with Crippen LogP contribution in [0.5, 0.6) is 5.75 Å². The number of ether oxygens (including phenoxy) is 1. The van der Waals surface area contributed by atoms with E-state index in [0.29, 0.717) is 5.92 Å². The van der Waals surface area contributed by atoms with E-state index in [2.05, 4.69) is 4.90 Å². The lowest BCUT2D eigenvalue weighted by molar-refractivity contribution is 0.233. The van der Waals surface area contributed by atoms with E-state index in [-0.39, 0.29) is 6.10 Å². The van der Waals surface area contributed by atoms with Gasteiger partial charge in [-0.25, -0.2) is 0 Å². The zero-order valence-electron chi connectivity index (χ0n) is 11.7. The van der Waals surface area contributed by atoms with Crippen LogP contribution in [0, 0.1) is 5.92 Å². The van der Waals surface area contributed by atoms with Gasteiger partial charge in [-0.3, -0.25) is 4.90 Å². The molecule has 1 aromatic carbocycles. The molecule has 0 saturated carbocycles. The predicted molar refractivity (Wildman–Crippen MR) is 79.7 cm³/mol. The van der Waals surface area contributed by atoms with Crippen LogP contribution in [0.25, 0.3) is 0 Å². The molecule has 0 radical (unpaired) electrons. The van der Waals surface area contributed by atoms with Gasteiger partial charge < -0.3 is 10.5 Å². The molecule has 1 atom stereocenters. The SMILES string of the molecule is CC(C)Oc1ccc(Cl)cc1CN1CCC(CN)C1. The van der Waals surface area contributed by atoms with Gasteiger partial charge in [0, 0.05) is 23.7 Å². The molecule has 0 aromatic heterocycles. The first kappa shape index (κ1) is 14.6. The summed E-state index contributed by atoms with van der Waals surface area (Å²) in [6.07, 6.45) is 1.37. The van der Waals surface area contributed by atoms with E-state index >= 15 is 0 Å². The van der Waals surface area contributed by atoms with Crippen LogP contribution >= 0.6 is 11.6 Å². The van der Waals surface area contributed by atoms with Gasteiger partial charge in [-0.15, -0.1) is 0 Å². The van der Waals surface area contributed by atoms with Crippen molar-refractivity contribution in [2.24, 2.45) is 11.7 Å². The summed E-state index contributed by atoms with van der Waals surface area (Å²) in [5.74, 6) is 1.57. The van der Waals surface area contributed by atoms with Gasteiger partial charge in [0.2, 0.25) is 0 Å². The standard InChI is InChI=1S/C15H23ClN2O/c1-11(2)19-15-4-3-14(16)7-13(15)10-18-6-5-12(8-17)9-18/h3-4,7,11-12H,5-6,8-10,17H2,1-2H3. The summed E-state index contributed by atoms with van der Waals surface area (Å²) in [6.45, 7) is 7.93. The fraction of sp³-hybridized carbons (Fsp3) is 0.600. The van der Waals surface area contributed by atoms with Crippen LogP contribution in [-0.2, 0) is 6.54 Å². The topological polar surface area (TPSA) is 38.5 Å². The third kappa shape index (κ3) is 4.10. The molecular weight excluding hydrogens is 260 g/mol. The molecular formula is C15H23ClN2O. The zero-order valence-corrected chi connectivity index (χ0v) is 12.5. The van der Waals surface area contributed by atoms with Gasteiger partial charge in [0.1, 0.15) is 5.75 Å². The Morgan fingerprint density at radius 2 is 2.26 bits per heavy atom. The molecule has 4 heteroatoms. The summed E-state index contributed by atoms with van der Waals surface area (Å²) in [4.78, 5) is 2.43. The molecule has 1 aliphatic heterocycles. The fourth-order valence-corrected chi connectivity index (χ4v) is 2.72. The van der Waals surface area contributed by atoms with Gasteiger partial charge in [-0.05, 0) is 57.5 Å². The summed E-state index contributed by atoms with van der Waals surface area (Å²) in [6, 6.07) is 5.86. The van der Waals surface area contributed by atoms with Gasteiger partial charge >= 0.3 is 0 Å². The Bertz CT molecular complexity index is 423. The Morgan fingerprint density at radius 3 is 2.89 bits per heavy atom. The first-order valence-corrected chi connectivity index (χ1v) is 7.33. The summed E-state index contributed by atoms with van der Waals surface area (Å²) in [5.41, 5.74) is 6.90. The molecule has 0 amide bonds. The van der Waals surface area contributed by atoms with Gasteiger partial charge in [0.15, 0.2) is 0 Å². The van der Waals surface area contributed by atoms with Crippen LogP contribution in [0.1, 0.15) is 25.8 Å². The summed E-state index contributed by atoms with van der Waals surface area (Å²) in [5, 5.41) is 0.765. The Kier molecular flexibility index (Phi) is 5.08. The van der Waals surface area contributed by atoms with E-state index in [1.165, 1.54) is 12.0 Å². The molecule has 1 aliphatic rings. The van der Waals surface area contributed by atoms with Crippen molar-refractivity contribution in [1.82, 2.24) is 4.90 Å². The third-order valence-corrected chi connectivity index (χ3v) is 3.72. The Morgan fingerprint density at radius 1 is 1.47 bits per heavy atom. The Hall–Kier alpha value is -0.770. The lowest BCUT2D eigenvalue weighted by atomic mass is 10.1. The summed E-state index contributed by atoms with van der Waals surface area (Å²) >= 11 is 6.10. The molecule has 2 N–H and O–H groups in total. The maximum Gasteiger partial charge on any atom is 0.124 e. The number of nitrogens with two attached hydrogens (primary N) is 1. The first-order chi connectivity index (χ1) is 9.08. The van der Waals surface area contributed by atoms with Crippen molar-refractivity contribution in [3.05, 3.63) is 28.8 Å². The lowest BCUT2D eigenvalue weighted by Crippen LogP contribution is -2.23. The van der Waals surface area contributed by atoms with Crippen molar-refractivity contribution >= 4 is 11.6 Å². The Balaban J connectivity index is 2.08. The highest BCUT2D eigenvalue weighted by Gasteiger charge is 2.22. The molecule has 0 bridgehead atoms.